The Morgan fingerprint density at radius 2 is 2.56 bits per heavy atom. The highest BCUT2D eigenvalue weighted by molar-refractivity contribution is 7.78. The van der Waals surface area contributed by atoms with E-state index in [-0.39, 0.29) is 0 Å². The summed E-state index contributed by atoms with van der Waals surface area (Å²) < 4.78 is 0. The molecule has 0 aliphatic rings. The van der Waals surface area contributed by atoms with Gasteiger partial charge in [-0.15, -0.1) is 0 Å². The van der Waals surface area contributed by atoms with Crippen LogP contribution in [-0.2, 0) is 6.42 Å². The quantitative estimate of drug-likeness (QED) is 0.574. The Kier molecular flexibility index (Phi) is 2.33. The maximum Gasteiger partial charge on any atom is 0.0303 e. The fraction of sp³-hybridized carbons (Fsp3) is 0.143. The molecule has 0 bridgehead atoms. The molecule has 0 N–H and O–H groups in total. The van der Waals surface area contributed by atoms with Gasteiger partial charge in [0, 0.05) is 18.8 Å². The molecule has 0 saturated heterocycles. The summed E-state index contributed by atoms with van der Waals surface area (Å²) in [5.74, 6) is 0. The average Bonchev–Trinajstić information content (AvgIpc) is 1.91. The fourth-order valence-electron chi connectivity index (χ4n) is 0.615. The SMILES string of the molecule is S=CCc1cccnc1. The van der Waals surface area contributed by atoms with Crippen LogP contribution >= 0.6 is 12.2 Å². The van der Waals surface area contributed by atoms with Crippen LogP contribution in [0.1, 0.15) is 5.56 Å². The van der Waals surface area contributed by atoms with Gasteiger partial charge in [0.25, 0.3) is 0 Å². The largest absolute Gasteiger partial charge is 0.264 e. The Morgan fingerprint density at radius 1 is 1.67 bits per heavy atom. The van der Waals surface area contributed by atoms with Gasteiger partial charge in [-0.25, -0.2) is 0 Å². The third kappa shape index (κ3) is 1.90. The molecular weight excluding hydrogens is 130 g/mol. The molecule has 0 radical (unpaired) electrons. The first-order chi connectivity index (χ1) is 4.43. The van der Waals surface area contributed by atoms with Gasteiger partial charge in [0.05, 0.1) is 0 Å². The second kappa shape index (κ2) is 3.30. The highest BCUT2D eigenvalue weighted by Gasteiger charge is 1.84. The van der Waals surface area contributed by atoms with E-state index in [0.717, 1.165) is 6.42 Å². The Morgan fingerprint density at radius 3 is 3.11 bits per heavy atom. The van der Waals surface area contributed by atoms with Crippen molar-refractivity contribution in [3.63, 3.8) is 0 Å². The molecule has 1 nitrogen and oxygen atoms in total. The standard InChI is InChI=1S/C7H7NS/c9-5-3-7-2-1-4-8-6-7/h1-2,4-6H,3H2. The van der Waals surface area contributed by atoms with Crippen molar-refractivity contribution in [2.24, 2.45) is 0 Å². The molecule has 0 aliphatic heterocycles. The van der Waals surface area contributed by atoms with Crippen molar-refractivity contribution in [3.05, 3.63) is 30.1 Å². The van der Waals surface area contributed by atoms with Crippen molar-refractivity contribution in [1.29, 1.82) is 0 Å². The summed E-state index contributed by atoms with van der Waals surface area (Å²) in [6.07, 6.45) is 4.42. The Bertz CT molecular complexity index is 183. The van der Waals surface area contributed by atoms with Crippen molar-refractivity contribution in [2.75, 3.05) is 0 Å². The van der Waals surface area contributed by atoms with Crippen LogP contribution in [-0.4, -0.2) is 10.4 Å². The second-order valence-corrected chi connectivity index (χ2v) is 2.07. The molecule has 0 saturated carbocycles. The molecule has 0 amide bonds. The van der Waals surface area contributed by atoms with Gasteiger partial charge < -0.3 is 0 Å². The molecular formula is C7H7NS. The molecule has 1 aromatic heterocycles. The molecule has 0 atom stereocenters. The number of thiocarbonyl (C=S) groups is 1. The molecule has 0 aliphatic carbocycles. The minimum absolute atomic E-state index is 0.836. The molecule has 2 heteroatoms. The molecule has 1 aromatic rings. The van der Waals surface area contributed by atoms with E-state index < -0.39 is 0 Å². The predicted molar refractivity (Wildman–Crippen MR) is 41.6 cm³/mol. The monoisotopic (exact) mass is 137 g/mol. The van der Waals surface area contributed by atoms with Gasteiger partial charge in [-0.3, -0.25) is 4.98 Å². The van der Waals surface area contributed by atoms with Crippen LogP contribution in [0.3, 0.4) is 0 Å². The lowest BCUT2D eigenvalue weighted by molar-refractivity contribution is 1.24. The lowest BCUT2D eigenvalue weighted by Crippen LogP contribution is -1.83. The lowest BCUT2D eigenvalue weighted by atomic mass is 10.2. The van der Waals surface area contributed by atoms with E-state index in [0.29, 0.717) is 0 Å². The van der Waals surface area contributed by atoms with Crippen molar-refractivity contribution in [2.45, 2.75) is 6.42 Å². The first-order valence-corrected chi connectivity index (χ1v) is 3.23. The first-order valence-electron chi connectivity index (χ1n) is 2.76. The Hall–Kier alpha value is -0.760. The number of hydrogen-bond donors (Lipinski definition) is 0. The zero-order valence-electron chi connectivity index (χ0n) is 4.95. The topological polar surface area (TPSA) is 12.9 Å². The summed E-state index contributed by atoms with van der Waals surface area (Å²) >= 11 is 4.68. The predicted octanol–water partition coefficient (Wildman–Crippen LogP) is 1.62. The van der Waals surface area contributed by atoms with Gasteiger partial charge in [-0.2, -0.15) is 0 Å². The molecule has 9 heavy (non-hydrogen) atoms. The van der Waals surface area contributed by atoms with E-state index in [1.807, 2.05) is 18.3 Å². The van der Waals surface area contributed by atoms with Crippen LogP contribution < -0.4 is 0 Å². The number of nitrogens with zero attached hydrogens (tertiary/aromatic N) is 1. The van der Waals surface area contributed by atoms with Crippen molar-refractivity contribution < 1.29 is 0 Å². The summed E-state index contributed by atoms with van der Waals surface area (Å²) in [4.78, 5) is 3.94. The second-order valence-electron chi connectivity index (χ2n) is 1.73. The molecule has 0 spiro atoms. The summed E-state index contributed by atoms with van der Waals surface area (Å²) in [7, 11) is 0. The van der Waals surface area contributed by atoms with E-state index in [1.165, 1.54) is 5.56 Å². The number of aromatic nitrogens is 1. The summed E-state index contributed by atoms with van der Waals surface area (Å²) in [6.45, 7) is 0. The van der Waals surface area contributed by atoms with E-state index in [1.54, 1.807) is 11.6 Å². The number of hydrogen-bond acceptors (Lipinski definition) is 2. The van der Waals surface area contributed by atoms with Gasteiger partial charge in [0.2, 0.25) is 0 Å². The molecule has 1 rings (SSSR count). The Balaban J connectivity index is 2.72. The van der Waals surface area contributed by atoms with Crippen LogP contribution in [0.15, 0.2) is 24.5 Å². The van der Waals surface area contributed by atoms with Crippen molar-refractivity contribution in [1.82, 2.24) is 4.98 Å². The third-order valence-electron chi connectivity index (χ3n) is 1.04. The van der Waals surface area contributed by atoms with Crippen molar-refractivity contribution >= 4 is 17.6 Å². The van der Waals surface area contributed by atoms with E-state index >= 15 is 0 Å². The maximum atomic E-state index is 4.68. The van der Waals surface area contributed by atoms with E-state index in [4.69, 9.17) is 0 Å². The van der Waals surface area contributed by atoms with Crippen LogP contribution in [0.4, 0.5) is 0 Å². The molecule has 0 aromatic carbocycles. The average molecular weight is 137 g/mol. The highest BCUT2D eigenvalue weighted by Crippen LogP contribution is 1.93. The minimum atomic E-state index is 0.836. The normalized spacial score (nSPS) is 8.89. The van der Waals surface area contributed by atoms with Gasteiger partial charge >= 0.3 is 0 Å². The van der Waals surface area contributed by atoms with Crippen LogP contribution in [0.5, 0.6) is 0 Å². The first kappa shape index (κ1) is 6.36. The molecule has 1 heterocycles. The summed E-state index contributed by atoms with van der Waals surface area (Å²) in [5, 5.41) is 1.71. The molecule has 46 valence electrons. The van der Waals surface area contributed by atoms with Gasteiger partial charge in [-0.1, -0.05) is 18.3 Å². The zero-order chi connectivity index (χ0) is 6.53. The van der Waals surface area contributed by atoms with E-state index in [2.05, 4.69) is 17.2 Å². The smallest absolute Gasteiger partial charge is 0.0303 e. The highest BCUT2D eigenvalue weighted by atomic mass is 32.1. The maximum absolute atomic E-state index is 4.68. The number of rotatable bonds is 2. The minimum Gasteiger partial charge on any atom is -0.264 e. The zero-order valence-corrected chi connectivity index (χ0v) is 5.77. The van der Waals surface area contributed by atoms with Crippen LogP contribution in [0, 0.1) is 0 Å². The lowest BCUT2D eigenvalue weighted by Gasteiger charge is -1.89. The third-order valence-corrected chi connectivity index (χ3v) is 1.21. The Labute approximate surface area is 59.7 Å². The molecule has 0 unspecified atom stereocenters. The molecule has 0 fully saturated rings. The van der Waals surface area contributed by atoms with E-state index in [9.17, 15) is 0 Å². The van der Waals surface area contributed by atoms with Crippen LogP contribution in [0.25, 0.3) is 0 Å². The summed E-state index contributed by atoms with van der Waals surface area (Å²) in [5.41, 5.74) is 1.17. The van der Waals surface area contributed by atoms with Crippen molar-refractivity contribution in [3.8, 4) is 0 Å². The summed E-state index contributed by atoms with van der Waals surface area (Å²) in [6, 6.07) is 3.92. The van der Waals surface area contributed by atoms with Gasteiger partial charge in [-0.05, 0) is 17.0 Å². The number of pyridine rings is 1. The van der Waals surface area contributed by atoms with Gasteiger partial charge in [0.15, 0.2) is 0 Å². The fourth-order valence-corrected chi connectivity index (χ4v) is 0.808. The van der Waals surface area contributed by atoms with Gasteiger partial charge in [0.1, 0.15) is 0 Å². The van der Waals surface area contributed by atoms with Crippen LogP contribution in [0.2, 0.25) is 0 Å².